The molecule has 3 nitrogen and oxygen atoms in total. The van der Waals surface area contributed by atoms with Gasteiger partial charge in [0.05, 0.1) is 10.6 Å². The van der Waals surface area contributed by atoms with Crippen molar-refractivity contribution in [2.45, 2.75) is 30.8 Å². The van der Waals surface area contributed by atoms with Gasteiger partial charge in [-0.15, -0.1) is 0 Å². The Bertz CT molecular complexity index is 478. The Morgan fingerprint density at radius 1 is 1.47 bits per heavy atom. The van der Waals surface area contributed by atoms with Crippen molar-refractivity contribution in [2.75, 3.05) is 25.0 Å². The second-order valence-electron chi connectivity index (χ2n) is 5.69. The lowest BCUT2D eigenvalue weighted by Gasteiger charge is -2.30. The van der Waals surface area contributed by atoms with Gasteiger partial charge < -0.3 is 11.1 Å². The van der Waals surface area contributed by atoms with E-state index in [0.717, 1.165) is 40.7 Å². The lowest BCUT2D eigenvalue weighted by Crippen LogP contribution is -2.48. The molecule has 0 amide bonds. The SMILES string of the molecule is NCC1(Nc2ccc(Br)c(Cl)c2)CCN(C2CC2)C1. The normalized spacial score (nSPS) is 27.7. The van der Waals surface area contributed by atoms with E-state index in [1.54, 1.807) is 0 Å². The van der Waals surface area contributed by atoms with Crippen molar-refractivity contribution < 1.29 is 0 Å². The fraction of sp³-hybridized carbons (Fsp3) is 0.571. The molecule has 1 atom stereocenters. The van der Waals surface area contributed by atoms with E-state index < -0.39 is 0 Å². The highest BCUT2D eigenvalue weighted by atomic mass is 79.9. The van der Waals surface area contributed by atoms with Gasteiger partial charge in [-0.2, -0.15) is 0 Å². The van der Waals surface area contributed by atoms with Crippen molar-refractivity contribution >= 4 is 33.2 Å². The van der Waals surface area contributed by atoms with Crippen LogP contribution in [0.5, 0.6) is 0 Å². The Kier molecular flexibility index (Phi) is 3.78. The van der Waals surface area contributed by atoms with Gasteiger partial charge in [0.1, 0.15) is 0 Å². The zero-order valence-electron chi connectivity index (χ0n) is 10.8. The van der Waals surface area contributed by atoms with Gasteiger partial charge in [0.15, 0.2) is 0 Å². The summed E-state index contributed by atoms with van der Waals surface area (Å²) >= 11 is 9.57. The highest BCUT2D eigenvalue weighted by Crippen LogP contribution is 2.35. The number of likely N-dealkylation sites (tertiary alicyclic amines) is 1. The van der Waals surface area contributed by atoms with Crippen LogP contribution < -0.4 is 11.1 Å². The van der Waals surface area contributed by atoms with Gasteiger partial charge in [-0.05, 0) is 53.4 Å². The van der Waals surface area contributed by atoms with Gasteiger partial charge in [-0.1, -0.05) is 11.6 Å². The second-order valence-corrected chi connectivity index (χ2v) is 6.95. The van der Waals surface area contributed by atoms with E-state index in [2.05, 4.69) is 26.1 Å². The smallest absolute Gasteiger partial charge is 0.0634 e. The van der Waals surface area contributed by atoms with Crippen LogP contribution in [0.25, 0.3) is 0 Å². The number of hydrogen-bond donors (Lipinski definition) is 2. The molecule has 1 saturated heterocycles. The number of nitrogens with one attached hydrogen (secondary N) is 1. The maximum atomic E-state index is 6.15. The molecule has 1 unspecified atom stereocenters. The first-order valence-corrected chi connectivity index (χ1v) is 7.96. The first-order valence-electron chi connectivity index (χ1n) is 6.79. The molecule has 5 heteroatoms. The van der Waals surface area contributed by atoms with Gasteiger partial charge in [0, 0.05) is 35.8 Å². The van der Waals surface area contributed by atoms with Crippen LogP contribution in [-0.2, 0) is 0 Å². The van der Waals surface area contributed by atoms with Crippen LogP contribution in [-0.4, -0.2) is 36.1 Å². The van der Waals surface area contributed by atoms with Crippen molar-refractivity contribution in [1.29, 1.82) is 0 Å². The van der Waals surface area contributed by atoms with Crippen LogP contribution >= 0.6 is 27.5 Å². The second kappa shape index (κ2) is 5.24. The van der Waals surface area contributed by atoms with Crippen LogP contribution in [0.15, 0.2) is 22.7 Å². The van der Waals surface area contributed by atoms with Crippen LogP contribution in [0.1, 0.15) is 19.3 Å². The molecule has 3 rings (SSSR count). The van der Waals surface area contributed by atoms with E-state index in [9.17, 15) is 0 Å². The summed E-state index contributed by atoms with van der Waals surface area (Å²) in [6, 6.07) is 6.79. The number of benzene rings is 1. The predicted molar refractivity (Wildman–Crippen MR) is 83.8 cm³/mol. The maximum absolute atomic E-state index is 6.15. The van der Waals surface area contributed by atoms with Crippen molar-refractivity contribution in [3.05, 3.63) is 27.7 Å². The number of anilines is 1. The van der Waals surface area contributed by atoms with Crippen LogP contribution in [0.4, 0.5) is 5.69 Å². The third-order valence-corrected chi connectivity index (χ3v) is 5.40. The van der Waals surface area contributed by atoms with Gasteiger partial charge in [-0.25, -0.2) is 0 Å². The molecule has 1 saturated carbocycles. The Labute approximate surface area is 127 Å². The number of halogens is 2. The number of nitrogens with zero attached hydrogens (tertiary/aromatic N) is 1. The number of nitrogens with two attached hydrogens (primary N) is 1. The van der Waals surface area contributed by atoms with Crippen molar-refractivity contribution in [3.8, 4) is 0 Å². The number of rotatable bonds is 4. The summed E-state index contributed by atoms with van der Waals surface area (Å²) < 4.78 is 0.924. The summed E-state index contributed by atoms with van der Waals surface area (Å²) in [5.41, 5.74) is 7.09. The molecule has 3 N–H and O–H groups in total. The molecule has 2 aliphatic rings. The monoisotopic (exact) mass is 343 g/mol. The molecule has 19 heavy (non-hydrogen) atoms. The largest absolute Gasteiger partial charge is 0.377 e. The average molecular weight is 345 g/mol. The predicted octanol–water partition coefficient (Wildman–Crippen LogP) is 3.08. The Balaban J connectivity index is 1.73. The van der Waals surface area contributed by atoms with E-state index in [0.29, 0.717) is 6.54 Å². The maximum Gasteiger partial charge on any atom is 0.0634 e. The molecule has 0 aromatic heterocycles. The molecule has 0 spiro atoms. The fourth-order valence-corrected chi connectivity index (χ4v) is 3.28. The van der Waals surface area contributed by atoms with Crippen LogP contribution in [0, 0.1) is 0 Å². The molecule has 104 valence electrons. The molecular weight excluding hydrogens is 326 g/mol. The van der Waals surface area contributed by atoms with Crippen LogP contribution in [0.2, 0.25) is 5.02 Å². The summed E-state index contributed by atoms with van der Waals surface area (Å²) in [5.74, 6) is 0. The summed E-state index contributed by atoms with van der Waals surface area (Å²) in [4.78, 5) is 2.57. The third-order valence-electron chi connectivity index (χ3n) is 4.17. The third kappa shape index (κ3) is 2.92. The van der Waals surface area contributed by atoms with E-state index in [1.165, 1.54) is 12.8 Å². The minimum atomic E-state index is -0.000250. The van der Waals surface area contributed by atoms with Gasteiger partial charge in [-0.3, -0.25) is 4.90 Å². The van der Waals surface area contributed by atoms with E-state index in [-0.39, 0.29) is 5.54 Å². The van der Waals surface area contributed by atoms with Gasteiger partial charge >= 0.3 is 0 Å². The molecule has 1 aromatic rings. The molecule has 1 aliphatic carbocycles. The summed E-state index contributed by atoms with van der Waals surface area (Å²) in [6.07, 6.45) is 3.81. The highest BCUT2D eigenvalue weighted by Gasteiger charge is 2.42. The standard InChI is InChI=1S/C14H19BrClN3/c15-12-4-1-10(7-13(12)16)18-14(8-17)5-6-19(9-14)11-2-3-11/h1,4,7,11,18H,2-3,5-6,8-9,17H2. The molecule has 0 bridgehead atoms. The quantitative estimate of drug-likeness (QED) is 0.882. The first kappa shape index (κ1) is 13.7. The molecular formula is C14H19BrClN3. The number of hydrogen-bond acceptors (Lipinski definition) is 3. The minimum Gasteiger partial charge on any atom is -0.377 e. The molecule has 1 aromatic carbocycles. The average Bonchev–Trinajstić information content (AvgIpc) is 3.17. The van der Waals surface area contributed by atoms with E-state index in [1.807, 2.05) is 18.2 Å². The van der Waals surface area contributed by atoms with Crippen LogP contribution in [0.3, 0.4) is 0 Å². The summed E-state index contributed by atoms with van der Waals surface area (Å²) in [7, 11) is 0. The van der Waals surface area contributed by atoms with Gasteiger partial charge in [0.25, 0.3) is 0 Å². The summed E-state index contributed by atoms with van der Waals surface area (Å²) in [6.45, 7) is 2.85. The van der Waals surface area contributed by atoms with Gasteiger partial charge in [0.2, 0.25) is 0 Å². The Hall–Kier alpha value is -0.290. The Morgan fingerprint density at radius 2 is 2.26 bits per heavy atom. The highest BCUT2D eigenvalue weighted by molar-refractivity contribution is 9.10. The lowest BCUT2D eigenvalue weighted by atomic mass is 9.98. The first-order chi connectivity index (χ1) is 9.12. The topological polar surface area (TPSA) is 41.3 Å². The summed E-state index contributed by atoms with van der Waals surface area (Å²) in [5, 5.41) is 4.34. The lowest BCUT2D eigenvalue weighted by molar-refractivity contribution is 0.309. The van der Waals surface area contributed by atoms with Crippen molar-refractivity contribution in [3.63, 3.8) is 0 Å². The fourth-order valence-electron chi connectivity index (χ4n) is 2.86. The molecule has 0 radical (unpaired) electrons. The molecule has 1 aliphatic heterocycles. The molecule has 1 heterocycles. The van der Waals surface area contributed by atoms with Crippen molar-refractivity contribution in [1.82, 2.24) is 4.90 Å². The zero-order valence-corrected chi connectivity index (χ0v) is 13.2. The minimum absolute atomic E-state index is 0.000250. The van der Waals surface area contributed by atoms with E-state index >= 15 is 0 Å². The Morgan fingerprint density at radius 3 is 2.89 bits per heavy atom. The van der Waals surface area contributed by atoms with E-state index in [4.69, 9.17) is 17.3 Å². The molecule has 2 fully saturated rings. The zero-order chi connectivity index (χ0) is 13.5. The van der Waals surface area contributed by atoms with Crippen molar-refractivity contribution in [2.24, 2.45) is 5.73 Å².